The van der Waals surface area contributed by atoms with E-state index in [1.165, 1.54) is 10.5 Å². The lowest BCUT2D eigenvalue weighted by molar-refractivity contribution is -0.132. The summed E-state index contributed by atoms with van der Waals surface area (Å²) in [6.45, 7) is 1.48. The van der Waals surface area contributed by atoms with Crippen LogP contribution >= 0.6 is 15.9 Å². The predicted octanol–water partition coefficient (Wildman–Crippen LogP) is 2.99. The topological polar surface area (TPSA) is 83.7 Å². The molecule has 28 heavy (non-hydrogen) atoms. The molecule has 0 atom stereocenters. The minimum atomic E-state index is -0.295. The molecule has 0 aromatic heterocycles. The number of benzene rings is 2. The van der Waals surface area contributed by atoms with Crippen molar-refractivity contribution >= 4 is 39.3 Å². The fourth-order valence-corrected chi connectivity index (χ4v) is 4.16. The van der Waals surface area contributed by atoms with Gasteiger partial charge in [0.2, 0.25) is 5.91 Å². The molecule has 0 saturated carbocycles. The van der Waals surface area contributed by atoms with E-state index >= 15 is 0 Å². The number of imide groups is 1. The predicted molar refractivity (Wildman–Crippen MR) is 109 cm³/mol. The van der Waals surface area contributed by atoms with Gasteiger partial charge in [0.05, 0.1) is 11.1 Å². The van der Waals surface area contributed by atoms with Crippen molar-refractivity contribution in [3.8, 4) is 0 Å². The third-order valence-corrected chi connectivity index (χ3v) is 5.79. The van der Waals surface area contributed by atoms with Gasteiger partial charge in [-0.2, -0.15) is 0 Å². The first-order valence-electron chi connectivity index (χ1n) is 9.25. The second-order valence-corrected chi connectivity index (χ2v) is 8.06. The number of hydrogen-bond donors (Lipinski definition) is 1. The Hall–Kier alpha value is -2.67. The van der Waals surface area contributed by atoms with Gasteiger partial charge in [-0.25, -0.2) is 0 Å². The number of carbonyl (C=O) groups excluding carboxylic acids is 3. The summed E-state index contributed by atoms with van der Waals surface area (Å²) in [6, 6.07) is 10.9. The van der Waals surface area contributed by atoms with Gasteiger partial charge in [0.25, 0.3) is 11.8 Å². The number of hydrogen-bond acceptors (Lipinski definition) is 4. The summed E-state index contributed by atoms with van der Waals surface area (Å²) in [7, 11) is 0. The van der Waals surface area contributed by atoms with E-state index in [1.54, 1.807) is 18.2 Å². The summed E-state index contributed by atoms with van der Waals surface area (Å²) < 4.78 is 0.760. The third-order valence-electron chi connectivity index (χ3n) is 5.30. The first kappa shape index (κ1) is 18.7. The lowest BCUT2D eigenvalue weighted by Gasteiger charge is -2.29. The van der Waals surface area contributed by atoms with Crippen LogP contribution in [0.4, 0.5) is 5.69 Å². The molecule has 0 aliphatic carbocycles. The van der Waals surface area contributed by atoms with E-state index in [4.69, 9.17) is 5.73 Å². The van der Waals surface area contributed by atoms with Crippen molar-refractivity contribution in [1.29, 1.82) is 0 Å². The molecule has 0 saturated heterocycles. The number of amides is 3. The van der Waals surface area contributed by atoms with Crippen LogP contribution in [0.2, 0.25) is 0 Å². The SMILES string of the molecule is Nc1ccc2c(c1)CN(C(=O)CCCN1C(=O)c3ccc(Br)cc3C1=O)CC2. The van der Waals surface area contributed by atoms with E-state index in [2.05, 4.69) is 15.9 Å². The van der Waals surface area contributed by atoms with Crippen molar-refractivity contribution < 1.29 is 14.4 Å². The lowest BCUT2D eigenvalue weighted by atomic mass is 9.99. The van der Waals surface area contributed by atoms with Gasteiger partial charge in [-0.3, -0.25) is 19.3 Å². The summed E-state index contributed by atoms with van der Waals surface area (Å²) in [5.74, 6) is -0.550. The Balaban J connectivity index is 1.34. The quantitative estimate of drug-likeness (QED) is 0.583. The summed E-state index contributed by atoms with van der Waals surface area (Å²) >= 11 is 3.32. The van der Waals surface area contributed by atoms with E-state index in [9.17, 15) is 14.4 Å². The maximum atomic E-state index is 12.6. The Labute approximate surface area is 171 Å². The molecule has 2 aromatic rings. The molecule has 2 aliphatic heterocycles. The number of nitrogens with two attached hydrogens (primary N) is 1. The first-order valence-corrected chi connectivity index (χ1v) is 10.0. The molecule has 3 amide bonds. The van der Waals surface area contributed by atoms with Gasteiger partial charge in [0.15, 0.2) is 0 Å². The average molecular weight is 442 g/mol. The fraction of sp³-hybridized carbons (Fsp3) is 0.286. The molecular weight excluding hydrogens is 422 g/mol. The average Bonchev–Trinajstić information content (AvgIpc) is 2.91. The molecule has 4 rings (SSSR count). The molecule has 6 nitrogen and oxygen atoms in total. The molecule has 2 aromatic carbocycles. The Morgan fingerprint density at radius 3 is 2.64 bits per heavy atom. The number of anilines is 1. The van der Waals surface area contributed by atoms with E-state index in [-0.39, 0.29) is 24.3 Å². The molecule has 0 bridgehead atoms. The lowest BCUT2D eigenvalue weighted by Crippen LogP contribution is -2.37. The zero-order valence-corrected chi connectivity index (χ0v) is 16.9. The van der Waals surface area contributed by atoms with E-state index in [0.717, 1.165) is 16.5 Å². The van der Waals surface area contributed by atoms with Gasteiger partial charge in [0.1, 0.15) is 0 Å². The van der Waals surface area contributed by atoms with E-state index in [1.807, 2.05) is 23.1 Å². The molecular formula is C21H20BrN3O3. The van der Waals surface area contributed by atoms with Gasteiger partial charge < -0.3 is 10.6 Å². The number of halogens is 1. The van der Waals surface area contributed by atoms with Crippen LogP contribution in [0.5, 0.6) is 0 Å². The van der Waals surface area contributed by atoms with Crippen molar-refractivity contribution in [3.05, 3.63) is 63.1 Å². The van der Waals surface area contributed by atoms with E-state index < -0.39 is 0 Å². The van der Waals surface area contributed by atoms with Gasteiger partial charge in [-0.05, 0) is 54.3 Å². The van der Waals surface area contributed by atoms with Crippen molar-refractivity contribution in [2.45, 2.75) is 25.8 Å². The Morgan fingerprint density at radius 2 is 1.82 bits per heavy atom. The molecule has 0 fully saturated rings. The van der Waals surface area contributed by atoms with Crippen LogP contribution < -0.4 is 5.73 Å². The molecule has 0 spiro atoms. The fourth-order valence-electron chi connectivity index (χ4n) is 3.80. The minimum Gasteiger partial charge on any atom is -0.399 e. The molecule has 0 radical (unpaired) electrons. The highest BCUT2D eigenvalue weighted by atomic mass is 79.9. The Bertz CT molecular complexity index is 989. The first-order chi connectivity index (χ1) is 13.4. The number of nitrogens with zero attached hydrogens (tertiary/aromatic N) is 2. The molecule has 7 heteroatoms. The van der Waals surface area contributed by atoms with Crippen molar-refractivity contribution in [2.75, 3.05) is 18.8 Å². The largest absolute Gasteiger partial charge is 0.399 e. The molecule has 2 heterocycles. The summed E-state index contributed by atoms with van der Waals surface area (Å²) in [5, 5.41) is 0. The highest BCUT2D eigenvalue weighted by Gasteiger charge is 2.35. The monoisotopic (exact) mass is 441 g/mol. The molecule has 144 valence electrons. The standard InChI is InChI=1S/C21H20BrN3O3/c22-15-4-6-17-18(11-15)21(28)25(20(17)27)8-1-2-19(26)24-9-7-13-3-5-16(23)10-14(13)12-24/h3-6,10-11H,1-2,7-9,12,23H2. The van der Waals surface area contributed by atoms with Gasteiger partial charge in [0, 0.05) is 36.2 Å². The number of fused-ring (bicyclic) bond motifs is 2. The van der Waals surface area contributed by atoms with Gasteiger partial charge >= 0.3 is 0 Å². The van der Waals surface area contributed by atoms with Crippen molar-refractivity contribution in [3.63, 3.8) is 0 Å². The normalized spacial score (nSPS) is 15.6. The smallest absolute Gasteiger partial charge is 0.261 e. The second kappa shape index (κ2) is 7.39. The molecule has 2 aliphatic rings. The number of carbonyl (C=O) groups is 3. The van der Waals surface area contributed by atoms with Crippen LogP contribution in [-0.4, -0.2) is 40.6 Å². The van der Waals surface area contributed by atoms with E-state index in [0.29, 0.717) is 42.7 Å². The Kier molecular flexibility index (Phi) is 4.93. The van der Waals surface area contributed by atoms with Crippen LogP contribution in [0.3, 0.4) is 0 Å². The maximum Gasteiger partial charge on any atom is 0.261 e. The van der Waals surface area contributed by atoms with Crippen LogP contribution in [0.1, 0.15) is 44.7 Å². The van der Waals surface area contributed by atoms with Gasteiger partial charge in [-0.1, -0.05) is 22.0 Å². The zero-order valence-electron chi connectivity index (χ0n) is 15.3. The molecule has 0 unspecified atom stereocenters. The van der Waals surface area contributed by atoms with Crippen LogP contribution in [0, 0.1) is 0 Å². The third kappa shape index (κ3) is 3.42. The summed E-state index contributed by atoms with van der Waals surface area (Å²) in [4.78, 5) is 40.6. The number of rotatable bonds is 4. The zero-order chi connectivity index (χ0) is 19.8. The highest BCUT2D eigenvalue weighted by Crippen LogP contribution is 2.26. The maximum absolute atomic E-state index is 12.6. The number of nitrogen functional groups attached to an aromatic ring is 1. The van der Waals surface area contributed by atoms with Gasteiger partial charge in [-0.15, -0.1) is 0 Å². The van der Waals surface area contributed by atoms with Crippen molar-refractivity contribution in [1.82, 2.24) is 9.80 Å². The Morgan fingerprint density at radius 1 is 1.04 bits per heavy atom. The van der Waals surface area contributed by atoms with Crippen LogP contribution in [0.15, 0.2) is 40.9 Å². The van der Waals surface area contributed by atoms with Crippen LogP contribution in [0.25, 0.3) is 0 Å². The minimum absolute atomic E-state index is 0.0347. The molecule has 2 N–H and O–H groups in total. The second-order valence-electron chi connectivity index (χ2n) is 7.15. The summed E-state index contributed by atoms with van der Waals surface area (Å²) in [6.07, 6.45) is 1.56. The van der Waals surface area contributed by atoms with Crippen molar-refractivity contribution in [2.24, 2.45) is 0 Å². The highest BCUT2D eigenvalue weighted by molar-refractivity contribution is 9.10. The van der Waals surface area contributed by atoms with Crippen LogP contribution in [-0.2, 0) is 17.8 Å². The summed E-state index contributed by atoms with van der Waals surface area (Å²) in [5.41, 5.74) is 9.70.